The maximum Gasteiger partial charge on any atom is 0.246 e. The molecule has 1 aliphatic heterocycles. The highest BCUT2D eigenvalue weighted by molar-refractivity contribution is 5.77. The van der Waals surface area contributed by atoms with Crippen LogP contribution in [0.15, 0.2) is 24.3 Å². The fourth-order valence-corrected chi connectivity index (χ4v) is 3.74. The standard InChI is InChI=1S/C25H43N3O2/c1-21(2)30-20-24(29)26-14-8-6-7-9-15-27-16-18-28(19-17-27)23-12-10-22(11-13-23)25(3,4)5/h10-13,21H,6-9,14-20H2,1-5H3,(H,26,29). The van der Waals surface area contributed by atoms with Crippen molar-refractivity contribution in [3.05, 3.63) is 29.8 Å². The number of hydrogen-bond donors (Lipinski definition) is 1. The number of unbranched alkanes of at least 4 members (excludes halogenated alkanes) is 3. The van der Waals surface area contributed by atoms with E-state index in [-0.39, 0.29) is 24.0 Å². The van der Waals surface area contributed by atoms with Crippen LogP contribution in [-0.2, 0) is 14.9 Å². The first-order valence-corrected chi connectivity index (χ1v) is 11.7. The van der Waals surface area contributed by atoms with E-state index in [0.717, 1.165) is 39.1 Å². The van der Waals surface area contributed by atoms with Gasteiger partial charge in [0.05, 0.1) is 6.10 Å². The van der Waals surface area contributed by atoms with E-state index in [4.69, 9.17) is 4.74 Å². The molecule has 5 nitrogen and oxygen atoms in total. The minimum Gasteiger partial charge on any atom is -0.369 e. The summed E-state index contributed by atoms with van der Waals surface area (Å²) in [6.07, 6.45) is 4.79. The molecule has 2 rings (SSSR count). The summed E-state index contributed by atoms with van der Waals surface area (Å²) in [6, 6.07) is 9.12. The van der Waals surface area contributed by atoms with Gasteiger partial charge in [-0.05, 0) is 56.3 Å². The van der Waals surface area contributed by atoms with Crippen LogP contribution in [0.5, 0.6) is 0 Å². The molecule has 170 valence electrons. The lowest BCUT2D eigenvalue weighted by Crippen LogP contribution is -2.46. The first kappa shape index (κ1) is 24.7. The number of piperazine rings is 1. The Bertz CT molecular complexity index is 614. The number of anilines is 1. The molecule has 0 aliphatic carbocycles. The SMILES string of the molecule is CC(C)OCC(=O)NCCCCCCN1CCN(c2ccc(C(C)(C)C)cc2)CC1. The average molecular weight is 418 g/mol. The topological polar surface area (TPSA) is 44.8 Å². The van der Waals surface area contributed by atoms with Gasteiger partial charge in [-0.2, -0.15) is 0 Å². The van der Waals surface area contributed by atoms with Gasteiger partial charge in [0.1, 0.15) is 6.61 Å². The monoisotopic (exact) mass is 417 g/mol. The number of carbonyl (C=O) groups excluding carboxylic acids is 1. The molecule has 1 fully saturated rings. The van der Waals surface area contributed by atoms with Gasteiger partial charge in [-0.15, -0.1) is 0 Å². The van der Waals surface area contributed by atoms with Crippen LogP contribution in [0, 0.1) is 0 Å². The summed E-state index contributed by atoms with van der Waals surface area (Å²) in [5.74, 6) is -0.00498. The van der Waals surface area contributed by atoms with E-state index in [1.54, 1.807) is 0 Å². The number of hydrogen-bond acceptors (Lipinski definition) is 4. The molecular weight excluding hydrogens is 374 g/mol. The van der Waals surface area contributed by atoms with Crippen LogP contribution in [0.25, 0.3) is 0 Å². The third kappa shape index (κ3) is 9.05. The number of nitrogens with zero attached hydrogens (tertiary/aromatic N) is 2. The third-order valence-electron chi connectivity index (χ3n) is 5.74. The third-order valence-corrected chi connectivity index (χ3v) is 5.74. The first-order valence-electron chi connectivity index (χ1n) is 11.7. The second-order valence-electron chi connectivity index (χ2n) is 9.75. The van der Waals surface area contributed by atoms with E-state index in [0.29, 0.717) is 0 Å². The van der Waals surface area contributed by atoms with Gasteiger partial charge in [0, 0.05) is 38.4 Å². The lowest BCUT2D eigenvalue weighted by atomic mass is 9.87. The zero-order valence-corrected chi connectivity index (χ0v) is 19.9. The van der Waals surface area contributed by atoms with Crippen molar-refractivity contribution in [1.29, 1.82) is 0 Å². The van der Waals surface area contributed by atoms with Crippen molar-refractivity contribution in [3.8, 4) is 0 Å². The number of amides is 1. The Morgan fingerprint density at radius 1 is 1.00 bits per heavy atom. The highest BCUT2D eigenvalue weighted by Gasteiger charge is 2.18. The lowest BCUT2D eigenvalue weighted by molar-refractivity contribution is -0.127. The molecule has 0 saturated carbocycles. The van der Waals surface area contributed by atoms with Crippen molar-refractivity contribution in [1.82, 2.24) is 10.2 Å². The van der Waals surface area contributed by atoms with Crippen molar-refractivity contribution >= 4 is 11.6 Å². The van der Waals surface area contributed by atoms with E-state index in [1.807, 2.05) is 13.8 Å². The number of rotatable bonds is 11. The maximum absolute atomic E-state index is 11.6. The molecule has 0 radical (unpaired) electrons. The molecule has 0 bridgehead atoms. The largest absolute Gasteiger partial charge is 0.369 e. The van der Waals surface area contributed by atoms with E-state index in [1.165, 1.54) is 37.1 Å². The molecule has 0 aromatic heterocycles. The molecule has 30 heavy (non-hydrogen) atoms. The highest BCUT2D eigenvalue weighted by atomic mass is 16.5. The second-order valence-corrected chi connectivity index (χ2v) is 9.75. The summed E-state index contributed by atoms with van der Waals surface area (Å²) < 4.78 is 5.30. The Hall–Kier alpha value is -1.59. The normalized spacial score (nSPS) is 15.6. The van der Waals surface area contributed by atoms with E-state index in [9.17, 15) is 4.79 Å². The van der Waals surface area contributed by atoms with Crippen LogP contribution < -0.4 is 10.2 Å². The molecule has 0 unspecified atom stereocenters. The molecule has 1 aliphatic rings. The fourth-order valence-electron chi connectivity index (χ4n) is 3.74. The maximum atomic E-state index is 11.6. The number of ether oxygens (including phenoxy) is 1. The van der Waals surface area contributed by atoms with Crippen LogP contribution in [-0.4, -0.2) is 62.8 Å². The van der Waals surface area contributed by atoms with Crippen molar-refractivity contribution in [2.75, 3.05) is 50.8 Å². The van der Waals surface area contributed by atoms with Crippen LogP contribution in [0.3, 0.4) is 0 Å². The Balaban J connectivity index is 1.53. The summed E-state index contributed by atoms with van der Waals surface area (Å²) in [5, 5.41) is 2.93. The molecule has 0 spiro atoms. The summed E-state index contributed by atoms with van der Waals surface area (Å²) in [4.78, 5) is 16.7. The van der Waals surface area contributed by atoms with Crippen molar-refractivity contribution in [2.45, 2.75) is 71.8 Å². The average Bonchev–Trinajstić information content (AvgIpc) is 2.71. The summed E-state index contributed by atoms with van der Waals surface area (Å²) >= 11 is 0. The molecule has 1 saturated heterocycles. The molecule has 1 N–H and O–H groups in total. The van der Waals surface area contributed by atoms with Gasteiger partial charge in [-0.3, -0.25) is 9.69 Å². The lowest BCUT2D eigenvalue weighted by Gasteiger charge is -2.36. The van der Waals surface area contributed by atoms with Crippen molar-refractivity contribution in [3.63, 3.8) is 0 Å². The summed E-state index contributed by atoms with van der Waals surface area (Å²) in [5.41, 5.74) is 2.96. The Labute approximate surface area is 184 Å². The van der Waals surface area contributed by atoms with Gasteiger partial charge in [0.2, 0.25) is 5.91 Å². The van der Waals surface area contributed by atoms with Gasteiger partial charge in [0.15, 0.2) is 0 Å². The van der Waals surface area contributed by atoms with Gasteiger partial charge < -0.3 is 15.0 Å². The minimum absolute atomic E-state index is 0.00498. The predicted octanol–water partition coefficient (Wildman–Crippen LogP) is 4.21. The number of carbonyl (C=O) groups is 1. The van der Waals surface area contributed by atoms with Crippen LogP contribution in [0.2, 0.25) is 0 Å². The summed E-state index contributed by atoms with van der Waals surface area (Å²) in [7, 11) is 0. The molecule has 1 aromatic carbocycles. The zero-order chi connectivity index (χ0) is 22.0. The number of nitrogens with one attached hydrogen (secondary N) is 1. The molecular formula is C25H43N3O2. The molecule has 0 atom stereocenters. The fraction of sp³-hybridized carbons (Fsp3) is 0.720. The smallest absolute Gasteiger partial charge is 0.246 e. The van der Waals surface area contributed by atoms with Crippen LogP contribution in [0.1, 0.15) is 65.9 Å². The van der Waals surface area contributed by atoms with Crippen LogP contribution in [0.4, 0.5) is 5.69 Å². The van der Waals surface area contributed by atoms with E-state index in [2.05, 4.69) is 60.2 Å². The minimum atomic E-state index is -0.00498. The Morgan fingerprint density at radius 2 is 1.63 bits per heavy atom. The van der Waals surface area contributed by atoms with Gasteiger partial charge in [-0.25, -0.2) is 0 Å². The predicted molar refractivity (Wildman–Crippen MR) is 126 cm³/mol. The van der Waals surface area contributed by atoms with Crippen molar-refractivity contribution < 1.29 is 9.53 Å². The molecule has 5 heteroatoms. The highest BCUT2D eigenvalue weighted by Crippen LogP contribution is 2.25. The Morgan fingerprint density at radius 3 is 2.23 bits per heavy atom. The van der Waals surface area contributed by atoms with Gasteiger partial charge >= 0.3 is 0 Å². The summed E-state index contributed by atoms with van der Waals surface area (Å²) in [6.45, 7) is 17.3. The van der Waals surface area contributed by atoms with Crippen molar-refractivity contribution in [2.24, 2.45) is 0 Å². The van der Waals surface area contributed by atoms with Gasteiger partial charge in [-0.1, -0.05) is 45.7 Å². The zero-order valence-electron chi connectivity index (χ0n) is 19.9. The van der Waals surface area contributed by atoms with E-state index < -0.39 is 0 Å². The number of benzene rings is 1. The van der Waals surface area contributed by atoms with Crippen LogP contribution >= 0.6 is 0 Å². The molecule has 1 amide bonds. The second kappa shape index (κ2) is 12.3. The molecule has 1 heterocycles. The van der Waals surface area contributed by atoms with Gasteiger partial charge in [0.25, 0.3) is 0 Å². The quantitative estimate of drug-likeness (QED) is 0.548. The first-order chi connectivity index (χ1) is 14.3. The molecule has 1 aromatic rings. The Kier molecular flexibility index (Phi) is 10.1. The van der Waals surface area contributed by atoms with E-state index >= 15 is 0 Å².